The van der Waals surface area contributed by atoms with Crippen molar-refractivity contribution in [2.24, 2.45) is 11.8 Å². The molecular weight excluding hydrogens is 630 g/mol. The van der Waals surface area contributed by atoms with E-state index in [4.69, 9.17) is 30.8 Å². The van der Waals surface area contributed by atoms with E-state index in [2.05, 4.69) is 15.7 Å². The molecule has 250 valence electrons. The summed E-state index contributed by atoms with van der Waals surface area (Å²) in [6, 6.07) is 7.16. The van der Waals surface area contributed by atoms with Gasteiger partial charge >= 0.3 is 12.1 Å². The Kier molecular flexibility index (Phi) is 6.04. The summed E-state index contributed by atoms with van der Waals surface area (Å²) < 4.78 is 45.3. The Morgan fingerprint density at radius 3 is 2.88 bits per heavy atom. The highest BCUT2D eigenvalue weighted by Crippen LogP contribution is 2.59. The molecule has 1 N–H and O–H groups in total. The maximum absolute atomic E-state index is 17.2. The zero-order valence-electron chi connectivity index (χ0n) is 26.9. The van der Waals surface area contributed by atoms with Crippen LogP contribution in [0.25, 0.3) is 32.9 Å². The number of terminal acetylenes is 1. The van der Waals surface area contributed by atoms with Crippen molar-refractivity contribution in [3.8, 4) is 35.5 Å². The lowest BCUT2D eigenvalue weighted by Crippen LogP contribution is -2.64. The minimum Gasteiger partial charge on any atom is -0.472 e. The van der Waals surface area contributed by atoms with Crippen LogP contribution in [-0.4, -0.2) is 92.0 Å². The zero-order valence-corrected chi connectivity index (χ0v) is 26.9. The van der Waals surface area contributed by atoms with Gasteiger partial charge in [-0.05, 0) is 68.9 Å². The second kappa shape index (κ2) is 10.1. The normalized spacial score (nSPS) is 30.8. The van der Waals surface area contributed by atoms with Crippen molar-refractivity contribution < 1.29 is 28.2 Å². The Morgan fingerprint density at radius 1 is 1.16 bits per heavy atom. The highest BCUT2D eigenvalue weighted by molar-refractivity contribution is 6.03. The number of anilines is 1. The van der Waals surface area contributed by atoms with E-state index in [9.17, 15) is 9.90 Å². The lowest BCUT2D eigenvalue weighted by atomic mass is 9.92. The molecule has 5 unspecified atom stereocenters. The minimum atomic E-state index is -0.966. The number of aromatic nitrogens is 3. The van der Waals surface area contributed by atoms with Gasteiger partial charge in [-0.15, -0.1) is 6.42 Å². The monoisotopic (exact) mass is 664 g/mol. The lowest BCUT2D eigenvalue weighted by molar-refractivity contribution is 0.0704. The molecular formula is C37H34F2N6O4. The van der Waals surface area contributed by atoms with Crippen LogP contribution in [0.5, 0.6) is 11.9 Å². The van der Waals surface area contributed by atoms with Gasteiger partial charge in [0.15, 0.2) is 5.82 Å². The van der Waals surface area contributed by atoms with E-state index in [-0.39, 0.29) is 46.3 Å². The molecule has 1 amide bonds. The smallest absolute Gasteiger partial charge is 0.407 e. The van der Waals surface area contributed by atoms with Crippen LogP contribution in [0.4, 0.5) is 19.4 Å². The van der Waals surface area contributed by atoms with Gasteiger partial charge in [0.1, 0.15) is 40.9 Å². The highest BCUT2D eigenvalue weighted by Gasteiger charge is 2.64. The van der Waals surface area contributed by atoms with Crippen LogP contribution in [0.3, 0.4) is 0 Å². The highest BCUT2D eigenvalue weighted by atomic mass is 19.1. The number of fused-ring (bicyclic) bond motifs is 9. The molecule has 2 aromatic heterocycles. The number of carbonyl (C=O) groups is 1. The van der Waals surface area contributed by atoms with E-state index >= 15 is 8.78 Å². The van der Waals surface area contributed by atoms with Crippen molar-refractivity contribution in [1.82, 2.24) is 24.8 Å². The summed E-state index contributed by atoms with van der Waals surface area (Å²) in [7, 11) is 0. The molecule has 10 nitrogen and oxygen atoms in total. The van der Waals surface area contributed by atoms with Crippen LogP contribution >= 0.6 is 0 Å². The molecule has 0 spiro atoms. The molecule has 5 fully saturated rings. The lowest BCUT2D eigenvalue weighted by Gasteiger charge is -2.47. The molecule has 12 heteroatoms. The number of nitrogens with zero attached hydrogens (tertiary/aromatic N) is 6. The molecule has 10 rings (SSSR count). The SMILES string of the molecule is C#Cc1c(F)ccc2cccc(-c3nc4c5c(nc(OCC67CCCN6C[C@@H]6C[C@@H]67)nc5c3F)N3CC5CCC(C3C(C)O4)N5C(=O)O)c12. The second-order valence-corrected chi connectivity index (χ2v) is 14.6. The van der Waals surface area contributed by atoms with E-state index < -0.39 is 29.9 Å². The molecule has 2 bridgehead atoms. The van der Waals surface area contributed by atoms with Crippen molar-refractivity contribution in [2.75, 3.05) is 31.1 Å². The summed E-state index contributed by atoms with van der Waals surface area (Å²) in [6.07, 6.45) is 9.02. The number of amides is 1. The largest absolute Gasteiger partial charge is 0.472 e. The number of pyridine rings is 1. The van der Waals surface area contributed by atoms with Crippen LogP contribution < -0.4 is 14.4 Å². The van der Waals surface area contributed by atoms with Crippen molar-refractivity contribution in [3.05, 3.63) is 47.5 Å². The maximum Gasteiger partial charge on any atom is 0.407 e. The van der Waals surface area contributed by atoms with E-state index in [1.54, 1.807) is 24.3 Å². The van der Waals surface area contributed by atoms with E-state index in [1.807, 2.05) is 6.92 Å². The number of benzene rings is 2. The Morgan fingerprint density at radius 2 is 2.04 bits per heavy atom. The first-order valence-corrected chi connectivity index (χ1v) is 17.2. The number of ether oxygens (including phenoxy) is 2. The van der Waals surface area contributed by atoms with Gasteiger partial charge in [-0.2, -0.15) is 9.97 Å². The first-order valence-electron chi connectivity index (χ1n) is 17.2. The summed E-state index contributed by atoms with van der Waals surface area (Å²) >= 11 is 0. The number of hydrogen-bond donors (Lipinski definition) is 1. The number of halogens is 2. The maximum atomic E-state index is 17.2. The van der Waals surface area contributed by atoms with E-state index in [0.29, 0.717) is 65.4 Å². The van der Waals surface area contributed by atoms with Crippen LogP contribution in [0.1, 0.15) is 44.6 Å². The molecule has 7 atom stereocenters. The summed E-state index contributed by atoms with van der Waals surface area (Å²) in [5.41, 5.74) is 0.162. The first kappa shape index (κ1) is 29.2. The molecule has 2 aromatic carbocycles. The molecule has 0 radical (unpaired) electrons. The fraction of sp³-hybridized carbons (Fsp3) is 0.459. The van der Waals surface area contributed by atoms with Crippen molar-refractivity contribution in [3.63, 3.8) is 0 Å². The summed E-state index contributed by atoms with van der Waals surface area (Å²) in [5.74, 6) is 2.98. The van der Waals surface area contributed by atoms with Crippen LogP contribution in [0.2, 0.25) is 0 Å². The van der Waals surface area contributed by atoms with Gasteiger partial charge in [0, 0.05) is 24.0 Å². The van der Waals surface area contributed by atoms with Crippen molar-refractivity contribution >= 4 is 33.6 Å². The predicted octanol–water partition coefficient (Wildman–Crippen LogP) is 5.45. The molecule has 1 aliphatic carbocycles. The van der Waals surface area contributed by atoms with Crippen molar-refractivity contribution in [2.45, 2.75) is 68.8 Å². The summed E-state index contributed by atoms with van der Waals surface area (Å²) in [4.78, 5) is 33.0. The van der Waals surface area contributed by atoms with Crippen LogP contribution in [-0.2, 0) is 0 Å². The quantitative estimate of drug-likeness (QED) is 0.286. The number of hydrogen-bond acceptors (Lipinski definition) is 8. The molecule has 1 saturated carbocycles. The fourth-order valence-corrected chi connectivity index (χ4v) is 10.2. The topological polar surface area (TPSA) is 104 Å². The number of carboxylic acid groups (broad SMARTS) is 1. The number of piperazine rings is 1. The second-order valence-electron chi connectivity index (χ2n) is 14.6. The van der Waals surface area contributed by atoms with Crippen LogP contribution in [0, 0.1) is 35.8 Å². The molecule has 49 heavy (non-hydrogen) atoms. The summed E-state index contributed by atoms with van der Waals surface area (Å²) in [5, 5.41) is 11.5. The average molecular weight is 665 g/mol. The standard InChI is InChI=1S/C37H34F2N6O4/c1-3-22-25(38)10-8-19-6-4-7-23(27(19)22)30-29(39)31-28-33(42-35(41-31)48-17-37-12-5-13-43(37)15-20-14-24(20)37)44-16-21-9-11-26(45(21)36(46)47)32(44)18(2)49-34(28)40-30/h1,4,6-8,10,18,20-21,24,26,32H,5,9,11-17H2,2H3,(H,46,47)/t18?,20-,21?,24-,26?,32?,37?/m0/s1. The summed E-state index contributed by atoms with van der Waals surface area (Å²) in [6.45, 7) is 4.79. The third kappa shape index (κ3) is 3.96. The molecule has 4 aromatic rings. The van der Waals surface area contributed by atoms with Gasteiger partial charge < -0.3 is 19.5 Å². The Labute approximate surface area is 281 Å². The van der Waals surface area contributed by atoms with Gasteiger partial charge in [0.25, 0.3) is 0 Å². The third-order valence-corrected chi connectivity index (χ3v) is 12.3. The molecule has 4 saturated heterocycles. The van der Waals surface area contributed by atoms with Crippen molar-refractivity contribution in [1.29, 1.82) is 0 Å². The minimum absolute atomic E-state index is 0.0131. The Hall–Kier alpha value is -4.76. The van der Waals surface area contributed by atoms with Gasteiger partial charge in [0.05, 0.1) is 29.2 Å². The third-order valence-electron chi connectivity index (χ3n) is 12.3. The van der Waals surface area contributed by atoms with Gasteiger partial charge in [0.2, 0.25) is 5.88 Å². The van der Waals surface area contributed by atoms with Gasteiger partial charge in [-0.25, -0.2) is 18.6 Å². The first-order chi connectivity index (χ1) is 23.8. The number of rotatable bonds is 4. The van der Waals surface area contributed by atoms with E-state index in [1.165, 1.54) is 17.4 Å². The van der Waals surface area contributed by atoms with Gasteiger partial charge in [-0.1, -0.05) is 30.2 Å². The van der Waals surface area contributed by atoms with Crippen LogP contribution in [0.15, 0.2) is 30.3 Å². The molecule has 6 aliphatic rings. The molecule has 5 aliphatic heterocycles. The average Bonchev–Trinajstić information content (AvgIpc) is 3.53. The van der Waals surface area contributed by atoms with E-state index in [0.717, 1.165) is 25.9 Å². The Bertz CT molecular complexity index is 2160. The zero-order chi connectivity index (χ0) is 33.3. The fourth-order valence-electron chi connectivity index (χ4n) is 10.2. The predicted molar refractivity (Wildman–Crippen MR) is 177 cm³/mol. The number of piperidine rings is 1. The molecule has 7 heterocycles. The van der Waals surface area contributed by atoms with Gasteiger partial charge in [-0.3, -0.25) is 9.80 Å². The Balaban J connectivity index is 1.18.